The zero-order valence-electron chi connectivity index (χ0n) is 20.0. The van der Waals surface area contributed by atoms with Gasteiger partial charge in [0.1, 0.15) is 18.1 Å². The van der Waals surface area contributed by atoms with Crippen LogP contribution in [0.2, 0.25) is 0 Å². The van der Waals surface area contributed by atoms with Gasteiger partial charge < -0.3 is 25.4 Å². The normalized spacial score (nSPS) is 27.6. The van der Waals surface area contributed by atoms with Crippen LogP contribution in [0.4, 0.5) is 18.4 Å². The molecule has 194 valence electrons. The minimum atomic E-state index is -1.06. The fourth-order valence-corrected chi connectivity index (χ4v) is 5.02. The number of benzene rings is 1. The molecule has 1 aromatic rings. The predicted octanol–water partition coefficient (Wildman–Crippen LogP) is 2.55. The Morgan fingerprint density at radius 3 is 2.81 bits per heavy atom. The van der Waals surface area contributed by atoms with Gasteiger partial charge in [-0.25, -0.2) is 23.3 Å². The lowest BCUT2D eigenvalue weighted by Crippen LogP contribution is -2.57. The minimum absolute atomic E-state index is 0.108. The first kappa shape index (κ1) is 25.8. The number of rotatable bonds is 7. The van der Waals surface area contributed by atoms with E-state index in [4.69, 9.17) is 9.47 Å². The third-order valence-electron chi connectivity index (χ3n) is 6.94. The van der Waals surface area contributed by atoms with Crippen molar-refractivity contribution in [2.75, 3.05) is 33.4 Å². The van der Waals surface area contributed by atoms with E-state index in [1.807, 2.05) is 24.3 Å². The van der Waals surface area contributed by atoms with Crippen molar-refractivity contribution in [1.82, 2.24) is 20.9 Å². The second-order valence-electron chi connectivity index (χ2n) is 9.07. The first-order valence-corrected chi connectivity index (χ1v) is 11.9. The van der Waals surface area contributed by atoms with Crippen molar-refractivity contribution >= 4 is 18.1 Å². The molecule has 36 heavy (non-hydrogen) atoms. The van der Waals surface area contributed by atoms with Gasteiger partial charge in [0.05, 0.1) is 7.11 Å². The van der Waals surface area contributed by atoms with Crippen LogP contribution in [0.1, 0.15) is 30.9 Å². The van der Waals surface area contributed by atoms with E-state index in [0.717, 1.165) is 30.0 Å². The van der Waals surface area contributed by atoms with Gasteiger partial charge in [0.25, 0.3) is 0 Å². The van der Waals surface area contributed by atoms with E-state index >= 15 is 0 Å². The molecule has 3 aliphatic rings. The Labute approximate surface area is 207 Å². The van der Waals surface area contributed by atoms with Gasteiger partial charge in [-0.05, 0) is 43.5 Å². The molecule has 4 atom stereocenters. The summed E-state index contributed by atoms with van der Waals surface area (Å²) >= 11 is 0. The number of imide groups is 1. The standard InChI is InChI=1S/C25H30F2N4O5/c1-35-22(32)25(8-3-2-4-9-25)21-14-17(7-10-29-21)28-11-12-30-23(33)31-20(15-36-24(31)34)16-5-6-18(26)19(27)13-16/h2-6,8,13,17,20-21,28-29H,7,9-12,14-15H2,1H3,(H,30,33). The van der Waals surface area contributed by atoms with Gasteiger partial charge in [0, 0.05) is 25.2 Å². The van der Waals surface area contributed by atoms with Crippen molar-refractivity contribution in [2.24, 2.45) is 5.41 Å². The highest BCUT2D eigenvalue weighted by atomic mass is 19.2. The number of esters is 1. The summed E-state index contributed by atoms with van der Waals surface area (Å²) in [5.41, 5.74) is -0.497. The van der Waals surface area contributed by atoms with Crippen molar-refractivity contribution in [3.05, 3.63) is 59.7 Å². The highest BCUT2D eigenvalue weighted by Gasteiger charge is 2.46. The third kappa shape index (κ3) is 5.26. The lowest BCUT2D eigenvalue weighted by atomic mass is 9.71. The van der Waals surface area contributed by atoms with Gasteiger partial charge in [-0.1, -0.05) is 30.4 Å². The van der Waals surface area contributed by atoms with Crippen LogP contribution in [0.15, 0.2) is 42.5 Å². The van der Waals surface area contributed by atoms with Gasteiger partial charge in [-0.15, -0.1) is 0 Å². The Hall–Kier alpha value is -3.31. The summed E-state index contributed by atoms with van der Waals surface area (Å²) < 4.78 is 37.0. The van der Waals surface area contributed by atoms with E-state index in [1.54, 1.807) is 0 Å². The molecule has 2 fully saturated rings. The molecular formula is C25H30F2N4O5. The summed E-state index contributed by atoms with van der Waals surface area (Å²) in [7, 11) is 1.39. The number of amides is 3. The Bertz CT molecular complexity index is 1060. The first-order valence-electron chi connectivity index (χ1n) is 11.9. The van der Waals surface area contributed by atoms with E-state index in [9.17, 15) is 23.2 Å². The highest BCUT2D eigenvalue weighted by Crippen LogP contribution is 2.37. The van der Waals surface area contributed by atoms with E-state index in [1.165, 1.54) is 13.2 Å². The number of halogens is 2. The number of hydrogen-bond donors (Lipinski definition) is 3. The fourth-order valence-electron chi connectivity index (χ4n) is 5.02. The maximum Gasteiger partial charge on any atom is 0.418 e. The molecule has 11 heteroatoms. The number of hydrogen-bond acceptors (Lipinski definition) is 7. The van der Waals surface area contributed by atoms with Gasteiger partial charge in [0.15, 0.2) is 11.6 Å². The molecule has 0 radical (unpaired) electrons. The number of carbonyl (C=O) groups excluding carboxylic acids is 3. The molecule has 3 amide bonds. The summed E-state index contributed by atoms with van der Waals surface area (Å²) in [6.07, 6.45) is 8.89. The smallest absolute Gasteiger partial charge is 0.418 e. The first-order chi connectivity index (χ1) is 17.4. The van der Waals surface area contributed by atoms with E-state index in [2.05, 4.69) is 16.0 Å². The SMILES string of the molecule is COC(=O)C1(C2CC(NCCNC(=O)N3C(=O)OCC3c3ccc(F)c(F)c3)CCN2)C=CC=CC1. The molecule has 4 unspecified atom stereocenters. The summed E-state index contributed by atoms with van der Waals surface area (Å²) in [6.45, 7) is 1.24. The number of allylic oxidation sites excluding steroid dienone is 3. The van der Waals surface area contributed by atoms with Crippen molar-refractivity contribution in [3.63, 3.8) is 0 Å². The van der Waals surface area contributed by atoms with Crippen molar-refractivity contribution in [3.8, 4) is 0 Å². The zero-order chi connectivity index (χ0) is 25.7. The average Bonchev–Trinajstić information content (AvgIpc) is 3.29. The van der Waals surface area contributed by atoms with E-state index in [0.29, 0.717) is 19.4 Å². The molecule has 9 nitrogen and oxygen atoms in total. The van der Waals surface area contributed by atoms with Crippen LogP contribution in [-0.4, -0.2) is 68.4 Å². The molecule has 2 saturated heterocycles. The van der Waals surface area contributed by atoms with Crippen LogP contribution in [0.5, 0.6) is 0 Å². The van der Waals surface area contributed by atoms with Gasteiger partial charge >= 0.3 is 18.1 Å². The number of piperidine rings is 1. The number of ether oxygens (including phenoxy) is 2. The van der Waals surface area contributed by atoms with Crippen LogP contribution in [0.3, 0.4) is 0 Å². The monoisotopic (exact) mass is 504 g/mol. The highest BCUT2D eigenvalue weighted by molar-refractivity contribution is 5.92. The lowest BCUT2D eigenvalue weighted by molar-refractivity contribution is -0.151. The van der Waals surface area contributed by atoms with Crippen LogP contribution < -0.4 is 16.0 Å². The van der Waals surface area contributed by atoms with Crippen molar-refractivity contribution in [2.45, 2.75) is 37.4 Å². The Kier molecular flexibility index (Phi) is 8.00. The van der Waals surface area contributed by atoms with Crippen LogP contribution in [0.25, 0.3) is 0 Å². The molecule has 1 aromatic carbocycles. The molecule has 0 aromatic heterocycles. The van der Waals surface area contributed by atoms with Gasteiger partial charge in [-0.3, -0.25) is 4.79 Å². The molecular weight excluding hydrogens is 474 g/mol. The Morgan fingerprint density at radius 1 is 1.25 bits per heavy atom. The number of methoxy groups -OCH3 is 1. The molecule has 0 spiro atoms. The van der Waals surface area contributed by atoms with E-state index in [-0.39, 0.29) is 36.8 Å². The topological polar surface area (TPSA) is 109 Å². The largest absolute Gasteiger partial charge is 0.468 e. The van der Waals surface area contributed by atoms with Crippen molar-refractivity contribution in [1.29, 1.82) is 0 Å². The number of cyclic esters (lactones) is 1. The zero-order valence-corrected chi connectivity index (χ0v) is 20.0. The maximum absolute atomic E-state index is 13.7. The second kappa shape index (κ2) is 11.2. The minimum Gasteiger partial charge on any atom is -0.468 e. The lowest BCUT2D eigenvalue weighted by Gasteiger charge is -2.42. The fraction of sp³-hybridized carbons (Fsp3) is 0.480. The van der Waals surface area contributed by atoms with Crippen LogP contribution in [-0.2, 0) is 14.3 Å². The summed E-state index contributed by atoms with van der Waals surface area (Å²) in [5.74, 6) is -2.35. The van der Waals surface area contributed by atoms with Crippen LogP contribution >= 0.6 is 0 Å². The Balaban J connectivity index is 1.29. The molecule has 0 bridgehead atoms. The molecule has 1 aliphatic carbocycles. The molecule has 2 heterocycles. The van der Waals surface area contributed by atoms with Crippen molar-refractivity contribution < 1.29 is 32.6 Å². The van der Waals surface area contributed by atoms with Gasteiger partial charge in [0.2, 0.25) is 0 Å². The van der Waals surface area contributed by atoms with E-state index < -0.39 is 35.2 Å². The summed E-state index contributed by atoms with van der Waals surface area (Å²) in [4.78, 5) is 38.3. The summed E-state index contributed by atoms with van der Waals surface area (Å²) in [6, 6.07) is 1.69. The predicted molar refractivity (Wildman–Crippen MR) is 126 cm³/mol. The number of carbonyl (C=O) groups is 3. The maximum atomic E-state index is 13.7. The van der Waals surface area contributed by atoms with Gasteiger partial charge in [-0.2, -0.15) is 0 Å². The number of nitrogens with zero attached hydrogens (tertiary/aromatic N) is 1. The molecule has 3 N–H and O–H groups in total. The number of urea groups is 1. The molecule has 0 saturated carbocycles. The molecule has 2 aliphatic heterocycles. The Morgan fingerprint density at radius 2 is 2.08 bits per heavy atom. The van der Waals surface area contributed by atoms with Crippen LogP contribution in [0, 0.1) is 17.0 Å². The second-order valence-corrected chi connectivity index (χ2v) is 9.07. The molecule has 4 rings (SSSR count). The summed E-state index contributed by atoms with van der Waals surface area (Å²) in [5, 5.41) is 9.53. The number of nitrogens with one attached hydrogen (secondary N) is 3. The quantitative estimate of drug-likeness (QED) is 0.387. The average molecular weight is 505 g/mol. The third-order valence-corrected chi connectivity index (χ3v) is 6.94.